The molecule has 1 unspecified atom stereocenters. The van der Waals surface area contributed by atoms with Gasteiger partial charge in [0.15, 0.2) is 0 Å². The predicted octanol–water partition coefficient (Wildman–Crippen LogP) is 2.45. The van der Waals surface area contributed by atoms with Crippen LogP contribution < -0.4 is 5.73 Å². The smallest absolute Gasteiger partial charge is 0.0336 e. The summed E-state index contributed by atoms with van der Waals surface area (Å²) in [5.74, 6) is 0. The molecule has 2 saturated carbocycles. The molecular weight excluding hydrogens is 246 g/mol. The van der Waals surface area contributed by atoms with Gasteiger partial charge in [0, 0.05) is 37.8 Å². The molecule has 2 aliphatic carbocycles. The van der Waals surface area contributed by atoms with E-state index in [-0.39, 0.29) is 0 Å². The van der Waals surface area contributed by atoms with E-state index in [9.17, 15) is 0 Å². The Hall–Kier alpha value is -0.120. The number of rotatable bonds is 2. The Labute approximate surface area is 124 Å². The van der Waals surface area contributed by atoms with Crippen molar-refractivity contribution in [1.29, 1.82) is 0 Å². The predicted molar refractivity (Wildman–Crippen MR) is 84.8 cm³/mol. The maximum Gasteiger partial charge on any atom is 0.0336 e. The first kappa shape index (κ1) is 14.8. The van der Waals surface area contributed by atoms with Gasteiger partial charge in [0.25, 0.3) is 0 Å². The second kappa shape index (κ2) is 5.58. The van der Waals surface area contributed by atoms with Crippen LogP contribution in [0.4, 0.5) is 0 Å². The molecule has 3 nitrogen and oxygen atoms in total. The number of piperazine rings is 1. The van der Waals surface area contributed by atoms with E-state index in [2.05, 4.69) is 23.8 Å². The van der Waals surface area contributed by atoms with E-state index < -0.39 is 0 Å². The number of likely N-dealkylation sites (N-methyl/N-ethyl adjacent to an activating group) is 1. The van der Waals surface area contributed by atoms with Crippen LogP contribution in [0.25, 0.3) is 0 Å². The maximum absolute atomic E-state index is 6.30. The largest absolute Gasteiger partial charge is 0.329 e. The van der Waals surface area contributed by atoms with Gasteiger partial charge in [-0.15, -0.1) is 0 Å². The van der Waals surface area contributed by atoms with E-state index in [0.717, 1.165) is 6.54 Å². The zero-order chi connectivity index (χ0) is 14.2. The summed E-state index contributed by atoms with van der Waals surface area (Å²) in [5.41, 5.74) is 7.33. The molecule has 0 aromatic heterocycles. The molecule has 0 aromatic rings. The fraction of sp³-hybridized carbons (Fsp3) is 1.00. The monoisotopic (exact) mass is 279 g/mol. The van der Waals surface area contributed by atoms with E-state index >= 15 is 0 Å². The Morgan fingerprint density at radius 3 is 2.20 bits per heavy atom. The molecule has 1 spiro atoms. The van der Waals surface area contributed by atoms with Crippen molar-refractivity contribution in [2.45, 2.75) is 69.9 Å². The molecule has 2 N–H and O–H groups in total. The average molecular weight is 279 g/mol. The number of nitrogens with two attached hydrogens (primary N) is 1. The minimum atomic E-state index is 0.314. The van der Waals surface area contributed by atoms with Crippen molar-refractivity contribution < 1.29 is 0 Å². The minimum absolute atomic E-state index is 0.314. The lowest BCUT2D eigenvalue weighted by atomic mass is 9.65. The highest BCUT2D eigenvalue weighted by Gasteiger charge is 2.47. The van der Waals surface area contributed by atoms with Crippen molar-refractivity contribution in [1.82, 2.24) is 9.80 Å². The summed E-state index contributed by atoms with van der Waals surface area (Å²) in [7, 11) is 2.25. The fourth-order valence-electron chi connectivity index (χ4n) is 5.32. The number of nitrogens with zero attached hydrogens (tertiary/aromatic N) is 2. The Kier molecular flexibility index (Phi) is 4.13. The summed E-state index contributed by atoms with van der Waals surface area (Å²) in [5, 5.41) is 0. The molecule has 3 rings (SSSR count). The van der Waals surface area contributed by atoms with Crippen LogP contribution in [0.5, 0.6) is 0 Å². The highest BCUT2D eigenvalue weighted by atomic mass is 15.3. The first-order valence-corrected chi connectivity index (χ1v) is 8.75. The van der Waals surface area contributed by atoms with Gasteiger partial charge >= 0.3 is 0 Å². The summed E-state index contributed by atoms with van der Waals surface area (Å²) < 4.78 is 0. The zero-order valence-electron chi connectivity index (χ0n) is 13.5. The molecule has 0 aromatic carbocycles. The zero-order valence-corrected chi connectivity index (χ0v) is 13.5. The van der Waals surface area contributed by atoms with E-state index in [4.69, 9.17) is 5.73 Å². The maximum atomic E-state index is 6.30. The number of hydrogen-bond acceptors (Lipinski definition) is 3. The summed E-state index contributed by atoms with van der Waals surface area (Å²) in [4.78, 5) is 5.24. The molecule has 1 heterocycles. The van der Waals surface area contributed by atoms with Crippen LogP contribution in [0.2, 0.25) is 0 Å². The first-order valence-electron chi connectivity index (χ1n) is 8.75. The quantitative estimate of drug-likeness (QED) is 0.843. The fourth-order valence-corrected chi connectivity index (χ4v) is 5.32. The molecular formula is C17H33N3. The van der Waals surface area contributed by atoms with Gasteiger partial charge in [-0.1, -0.05) is 12.8 Å². The molecule has 116 valence electrons. The van der Waals surface area contributed by atoms with Gasteiger partial charge in [-0.3, -0.25) is 4.90 Å². The van der Waals surface area contributed by atoms with Crippen LogP contribution in [-0.2, 0) is 0 Å². The second-order valence-electron chi connectivity index (χ2n) is 7.94. The summed E-state index contributed by atoms with van der Waals surface area (Å²) >= 11 is 0. The van der Waals surface area contributed by atoms with Crippen molar-refractivity contribution in [2.75, 3.05) is 33.2 Å². The molecule has 1 aliphatic heterocycles. The van der Waals surface area contributed by atoms with Gasteiger partial charge < -0.3 is 10.6 Å². The lowest BCUT2D eigenvalue weighted by Crippen LogP contribution is -2.64. The SMILES string of the molecule is CC1CN(C)CCN1C1(CN)CCC2(CCCC2)CC1. The Morgan fingerprint density at radius 2 is 1.65 bits per heavy atom. The van der Waals surface area contributed by atoms with Crippen LogP contribution in [0.1, 0.15) is 58.3 Å². The molecule has 3 heteroatoms. The van der Waals surface area contributed by atoms with E-state index in [0.29, 0.717) is 17.0 Å². The molecule has 3 fully saturated rings. The lowest BCUT2D eigenvalue weighted by molar-refractivity contribution is -0.0395. The normalized spacial score (nSPS) is 34.6. The average Bonchev–Trinajstić information content (AvgIpc) is 2.89. The Bertz CT molecular complexity index is 325. The standard InChI is InChI=1S/C17H33N3/c1-15-13-19(2)11-12-20(15)17(14-18)9-7-16(8-10-17)5-3-4-6-16/h15H,3-14,18H2,1-2H3. The summed E-state index contributed by atoms with van der Waals surface area (Å²) in [6.45, 7) is 6.87. The lowest BCUT2D eigenvalue weighted by Gasteiger charge is -2.55. The van der Waals surface area contributed by atoms with Gasteiger partial charge in [0.05, 0.1) is 0 Å². The van der Waals surface area contributed by atoms with Gasteiger partial charge in [-0.05, 0) is 57.9 Å². The van der Waals surface area contributed by atoms with Gasteiger partial charge in [0.1, 0.15) is 0 Å². The van der Waals surface area contributed by atoms with E-state index in [1.807, 2.05) is 0 Å². The Balaban J connectivity index is 1.69. The van der Waals surface area contributed by atoms with Crippen molar-refractivity contribution in [2.24, 2.45) is 11.1 Å². The van der Waals surface area contributed by atoms with Crippen molar-refractivity contribution >= 4 is 0 Å². The van der Waals surface area contributed by atoms with Crippen LogP contribution in [-0.4, -0.2) is 54.6 Å². The molecule has 1 saturated heterocycles. The molecule has 20 heavy (non-hydrogen) atoms. The van der Waals surface area contributed by atoms with Crippen LogP contribution >= 0.6 is 0 Å². The molecule has 0 bridgehead atoms. The third-order valence-corrected chi connectivity index (χ3v) is 6.73. The van der Waals surface area contributed by atoms with Crippen molar-refractivity contribution in [3.05, 3.63) is 0 Å². The van der Waals surface area contributed by atoms with Crippen molar-refractivity contribution in [3.8, 4) is 0 Å². The highest BCUT2D eigenvalue weighted by molar-refractivity contribution is 5.03. The number of hydrogen-bond donors (Lipinski definition) is 1. The van der Waals surface area contributed by atoms with Crippen LogP contribution in [0, 0.1) is 5.41 Å². The second-order valence-corrected chi connectivity index (χ2v) is 7.94. The highest BCUT2D eigenvalue weighted by Crippen LogP contribution is 2.52. The Morgan fingerprint density at radius 1 is 1.00 bits per heavy atom. The molecule has 0 radical (unpaired) electrons. The van der Waals surface area contributed by atoms with Gasteiger partial charge in [-0.2, -0.15) is 0 Å². The minimum Gasteiger partial charge on any atom is -0.329 e. The van der Waals surface area contributed by atoms with Crippen LogP contribution in [0.3, 0.4) is 0 Å². The molecule has 0 amide bonds. The van der Waals surface area contributed by atoms with E-state index in [1.165, 1.54) is 71.0 Å². The molecule has 3 aliphatic rings. The van der Waals surface area contributed by atoms with Gasteiger partial charge in [0.2, 0.25) is 0 Å². The molecule has 1 atom stereocenters. The third-order valence-electron chi connectivity index (χ3n) is 6.73. The third kappa shape index (κ3) is 2.53. The van der Waals surface area contributed by atoms with E-state index in [1.54, 1.807) is 0 Å². The first-order chi connectivity index (χ1) is 9.59. The topological polar surface area (TPSA) is 32.5 Å². The van der Waals surface area contributed by atoms with Crippen LogP contribution in [0.15, 0.2) is 0 Å². The summed E-state index contributed by atoms with van der Waals surface area (Å²) in [6.07, 6.45) is 11.5. The summed E-state index contributed by atoms with van der Waals surface area (Å²) in [6, 6.07) is 0.662. The van der Waals surface area contributed by atoms with Gasteiger partial charge in [-0.25, -0.2) is 0 Å². The van der Waals surface area contributed by atoms with Crippen molar-refractivity contribution in [3.63, 3.8) is 0 Å².